The van der Waals surface area contributed by atoms with Gasteiger partial charge in [0.2, 0.25) is 0 Å². The number of aliphatic hydroxyl groups excluding tert-OH is 1. The van der Waals surface area contributed by atoms with E-state index in [0.717, 1.165) is 10.9 Å². The maximum absolute atomic E-state index is 11.5. The molecule has 28 heavy (non-hydrogen) atoms. The van der Waals surface area contributed by atoms with E-state index >= 15 is 0 Å². The van der Waals surface area contributed by atoms with Gasteiger partial charge in [0, 0.05) is 6.42 Å². The van der Waals surface area contributed by atoms with Gasteiger partial charge in [0.25, 0.3) is 29.4 Å². The molecule has 0 spiro atoms. The SMILES string of the molecule is NC(=O)c1cn([C@H]2C[C@H](O)[C@@H](COP(=O)([O-])OP(=O)([O-])OP(=O)([O-])O)O2)nn1. The van der Waals surface area contributed by atoms with Crippen molar-refractivity contribution in [2.45, 2.75) is 24.9 Å². The first-order chi connectivity index (χ1) is 12.7. The van der Waals surface area contributed by atoms with Crippen LogP contribution in [0, 0.1) is 0 Å². The van der Waals surface area contributed by atoms with Gasteiger partial charge in [0.05, 0.1) is 18.9 Å². The molecule has 2 heterocycles. The highest BCUT2D eigenvalue weighted by atomic mass is 31.3. The van der Waals surface area contributed by atoms with Crippen molar-refractivity contribution in [3.8, 4) is 0 Å². The first-order valence-corrected chi connectivity index (χ1v) is 11.4. The molecule has 1 aromatic heterocycles. The molecule has 4 N–H and O–H groups in total. The molecule has 6 atom stereocenters. The monoisotopic (exact) mass is 465 g/mol. The van der Waals surface area contributed by atoms with Crippen LogP contribution in [0.2, 0.25) is 0 Å². The largest absolute Gasteiger partial charge is 0.756 e. The van der Waals surface area contributed by atoms with Crippen LogP contribution in [0.25, 0.3) is 0 Å². The van der Waals surface area contributed by atoms with Crippen molar-refractivity contribution in [1.29, 1.82) is 0 Å². The molecule has 0 radical (unpaired) electrons. The van der Waals surface area contributed by atoms with Gasteiger partial charge in [-0.1, -0.05) is 5.21 Å². The summed E-state index contributed by atoms with van der Waals surface area (Å²) in [7, 11) is -17.6. The van der Waals surface area contributed by atoms with E-state index in [2.05, 4.69) is 23.5 Å². The van der Waals surface area contributed by atoms with Crippen LogP contribution in [0.5, 0.6) is 0 Å². The first-order valence-electron chi connectivity index (χ1n) is 6.96. The smallest absolute Gasteiger partial charge is 0.280 e. The number of nitrogens with two attached hydrogens (primary N) is 1. The minimum atomic E-state index is -6.02. The molecule has 17 nitrogen and oxygen atoms in total. The second kappa shape index (κ2) is 8.36. The lowest BCUT2D eigenvalue weighted by Crippen LogP contribution is -2.27. The zero-order valence-electron chi connectivity index (χ0n) is 13.4. The number of phosphoric acid groups is 3. The highest BCUT2D eigenvalue weighted by molar-refractivity contribution is 7.65. The lowest BCUT2D eigenvalue weighted by Gasteiger charge is -2.33. The van der Waals surface area contributed by atoms with Crippen LogP contribution in [-0.4, -0.2) is 49.7 Å². The summed E-state index contributed by atoms with van der Waals surface area (Å²) in [6, 6.07) is 0. The summed E-state index contributed by atoms with van der Waals surface area (Å²) in [4.78, 5) is 52.1. The summed E-state index contributed by atoms with van der Waals surface area (Å²) < 4.78 is 49.9. The van der Waals surface area contributed by atoms with Gasteiger partial charge in [-0.25, -0.2) is 13.3 Å². The summed E-state index contributed by atoms with van der Waals surface area (Å²) in [5.74, 6) is -0.871. The number of carbonyl (C=O) groups is 1. The molecule has 0 aromatic carbocycles. The minimum absolute atomic E-state index is 0.132. The summed E-state index contributed by atoms with van der Waals surface area (Å²) in [5, 5.41) is 16.9. The number of ether oxygens (including phenoxy) is 1. The number of primary amides is 1. The average Bonchev–Trinajstić information content (AvgIpc) is 3.07. The fourth-order valence-corrected chi connectivity index (χ4v) is 4.91. The maximum Gasteiger partial charge on any atom is 0.280 e. The van der Waals surface area contributed by atoms with Crippen LogP contribution >= 0.6 is 23.5 Å². The van der Waals surface area contributed by atoms with Gasteiger partial charge < -0.3 is 39.7 Å². The van der Waals surface area contributed by atoms with E-state index in [0.29, 0.717) is 0 Å². The molecular formula is C8H12N4O13P3-3. The number of amides is 1. The molecule has 1 saturated heterocycles. The quantitative estimate of drug-likeness (QED) is 0.298. The molecule has 20 heteroatoms. The Morgan fingerprint density at radius 2 is 1.96 bits per heavy atom. The number of hydrogen-bond acceptors (Lipinski definition) is 14. The van der Waals surface area contributed by atoms with E-state index in [4.69, 9.17) is 15.4 Å². The van der Waals surface area contributed by atoms with Gasteiger partial charge in [-0.15, -0.1) is 5.10 Å². The topological polar surface area (TPSA) is 272 Å². The van der Waals surface area contributed by atoms with Crippen LogP contribution in [0.3, 0.4) is 0 Å². The van der Waals surface area contributed by atoms with E-state index in [1.807, 2.05) is 0 Å². The predicted molar refractivity (Wildman–Crippen MR) is 76.2 cm³/mol. The third-order valence-corrected chi connectivity index (χ3v) is 6.75. The van der Waals surface area contributed by atoms with E-state index < -0.39 is 54.4 Å². The zero-order chi connectivity index (χ0) is 21.3. The van der Waals surface area contributed by atoms with Gasteiger partial charge in [-0.3, -0.25) is 18.5 Å². The van der Waals surface area contributed by atoms with E-state index in [9.17, 15) is 38.3 Å². The second-order valence-electron chi connectivity index (χ2n) is 5.20. The molecule has 0 saturated carbocycles. The van der Waals surface area contributed by atoms with E-state index in [-0.39, 0.29) is 12.1 Å². The maximum atomic E-state index is 11.5. The highest BCUT2D eigenvalue weighted by Crippen LogP contribution is 2.61. The van der Waals surface area contributed by atoms with Gasteiger partial charge in [0.1, 0.15) is 6.10 Å². The third-order valence-electron chi connectivity index (χ3n) is 3.06. The van der Waals surface area contributed by atoms with Crippen LogP contribution in [0.15, 0.2) is 6.20 Å². The minimum Gasteiger partial charge on any atom is -0.756 e. The van der Waals surface area contributed by atoms with Gasteiger partial charge in [-0.05, 0) is 0 Å². The van der Waals surface area contributed by atoms with Crippen LogP contribution < -0.4 is 20.4 Å². The summed E-state index contributed by atoms with van der Waals surface area (Å²) >= 11 is 0. The number of nitrogens with zero attached hydrogens (tertiary/aromatic N) is 3. The molecule has 0 bridgehead atoms. The molecule has 1 fully saturated rings. The van der Waals surface area contributed by atoms with Crippen molar-refractivity contribution in [2.24, 2.45) is 5.73 Å². The van der Waals surface area contributed by atoms with Crippen LogP contribution in [0.4, 0.5) is 0 Å². The Balaban J connectivity index is 1.94. The van der Waals surface area contributed by atoms with Crippen molar-refractivity contribution in [2.75, 3.05) is 6.61 Å². The molecule has 2 rings (SSSR count). The number of hydrogen-bond donors (Lipinski definition) is 3. The lowest BCUT2D eigenvalue weighted by atomic mass is 10.2. The van der Waals surface area contributed by atoms with Crippen molar-refractivity contribution >= 4 is 29.4 Å². The Bertz CT molecular complexity index is 868. The molecule has 160 valence electrons. The van der Waals surface area contributed by atoms with Crippen molar-refractivity contribution < 1.29 is 61.1 Å². The molecule has 3 unspecified atom stereocenters. The number of aromatic nitrogens is 3. The summed E-state index contributed by atoms with van der Waals surface area (Å²) in [6.07, 6.45) is -2.61. The fraction of sp³-hybridized carbons (Fsp3) is 0.625. The van der Waals surface area contributed by atoms with E-state index in [1.54, 1.807) is 0 Å². The molecule has 1 aromatic rings. The van der Waals surface area contributed by atoms with Crippen LogP contribution in [-0.2, 0) is 31.6 Å². The standard InChI is InChI=1S/C8H15N4O13P3/c9-8(14)4-2-12(11-10-4)7-1-5(13)6(23-7)3-22-27(18,19)25-28(20,21)24-26(15,16)17/h2,5-7,13H,1,3H2,(H2,9,14)(H,18,19)(H,20,21)(H2,15,16,17)/p-3/t5-,6+,7+/m0/s1. The highest BCUT2D eigenvalue weighted by Gasteiger charge is 2.37. The molecule has 1 aliphatic heterocycles. The Morgan fingerprint density at radius 1 is 1.32 bits per heavy atom. The van der Waals surface area contributed by atoms with Crippen molar-refractivity contribution in [1.82, 2.24) is 15.0 Å². The number of aliphatic hydroxyl groups is 1. The van der Waals surface area contributed by atoms with Gasteiger partial charge in [0.15, 0.2) is 11.9 Å². The summed E-state index contributed by atoms with van der Waals surface area (Å²) in [6.45, 7) is -0.940. The van der Waals surface area contributed by atoms with E-state index in [1.165, 1.54) is 0 Å². The Labute approximate surface area is 155 Å². The third kappa shape index (κ3) is 6.77. The molecule has 1 amide bonds. The predicted octanol–water partition coefficient (Wildman–Crippen LogP) is -3.53. The Kier molecular flexibility index (Phi) is 6.93. The van der Waals surface area contributed by atoms with Crippen molar-refractivity contribution in [3.05, 3.63) is 11.9 Å². The Morgan fingerprint density at radius 3 is 2.50 bits per heavy atom. The van der Waals surface area contributed by atoms with Crippen LogP contribution in [0.1, 0.15) is 23.1 Å². The molecule has 1 aliphatic rings. The fourth-order valence-electron chi connectivity index (χ4n) is 2.01. The summed E-state index contributed by atoms with van der Waals surface area (Å²) in [5.41, 5.74) is 4.82. The number of carbonyl (C=O) groups excluding carboxylic acids is 1. The molecule has 0 aliphatic carbocycles. The zero-order valence-corrected chi connectivity index (χ0v) is 16.1. The second-order valence-corrected chi connectivity index (χ2v) is 9.49. The van der Waals surface area contributed by atoms with Crippen molar-refractivity contribution in [3.63, 3.8) is 0 Å². The lowest BCUT2D eigenvalue weighted by molar-refractivity contribution is -0.250. The van der Waals surface area contributed by atoms with Gasteiger partial charge in [-0.2, -0.15) is 0 Å². The normalized spacial score (nSPS) is 29.0. The van der Waals surface area contributed by atoms with Gasteiger partial charge >= 0.3 is 0 Å². The Hall–Kier alpha value is -1.06. The molecular weight excluding hydrogens is 453 g/mol. The average molecular weight is 465 g/mol. The number of phosphoric ester groups is 1. The number of rotatable bonds is 9. The first kappa shape index (κ1) is 23.2.